The summed E-state index contributed by atoms with van der Waals surface area (Å²) in [4.78, 5) is 3.19. The summed E-state index contributed by atoms with van der Waals surface area (Å²) in [6.07, 6.45) is 2.92. The Labute approximate surface area is 102 Å². The van der Waals surface area contributed by atoms with Crippen molar-refractivity contribution in [1.29, 1.82) is 0 Å². The van der Waals surface area contributed by atoms with Crippen molar-refractivity contribution in [3.8, 4) is 0 Å². The highest BCUT2D eigenvalue weighted by molar-refractivity contribution is 5.68. The van der Waals surface area contributed by atoms with E-state index in [4.69, 9.17) is 5.73 Å². The number of rotatable bonds is 4. The van der Waals surface area contributed by atoms with Gasteiger partial charge in [0.15, 0.2) is 0 Å². The molecule has 0 fully saturated rings. The maximum atomic E-state index is 5.98. The number of benzene rings is 1. The molecular weight excluding hydrogens is 210 g/mol. The van der Waals surface area contributed by atoms with E-state index >= 15 is 0 Å². The Hall–Kier alpha value is -1.90. The summed E-state index contributed by atoms with van der Waals surface area (Å²) in [6, 6.07) is 8.23. The molecular formula is C14H19N3. The lowest BCUT2D eigenvalue weighted by molar-refractivity contribution is 0.977. The molecule has 17 heavy (non-hydrogen) atoms. The summed E-state index contributed by atoms with van der Waals surface area (Å²) in [5, 5.41) is 3.37. The first-order valence-corrected chi connectivity index (χ1v) is 5.89. The third kappa shape index (κ3) is 2.81. The van der Waals surface area contributed by atoms with Crippen molar-refractivity contribution in [3.63, 3.8) is 0 Å². The fourth-order valence-corrected chi connectivity index (χ4v) is 1.85. The van der Waals surface area contributed by atoms with Crippen LogP contribution >= 0.6 is 0 Å². The van der Waals surface area contributed by atoms with Crippen molar-refractivity contribution < 1.29 is 0 Å². The van der Waals surface area contributed by atoms with Crippen LogP contribution in [0.25, 0.3) is 0 Å². The van der Waals surface area contributed by atoms with Gasteiger partial charge in [0.2, 0.25) is 0 Å². The maximum Gasteiger partial charge on any atom is 0.0576 e. The van der Waals surface area contributed by atoms with E-state index in [9.17, 15) is 0 Å². The van der Waals surface area contributed by atoms with Crippen LogP contribution < -0.4 is 11.1 Å². The molecule has 0 aliphatic rings. The average molecular weight is 229 g/mol. The second kappa shape index (κ2) is 4.95. The van der Waals surface area contributed by atoms with Crippen molar-refractivity contribution in [2.24, 2.45) is 0 Å². The minimum atomic E-state index is 0.819. The largest absolute Gasteiger partial charge is 0.397 e. The summed E-state index contributed by atoms with van der Waals surface area (Å²) >= 11 is 0. The van der Waals surface area contributed by atoms with E-state index < -0.39 is 0 Å². The summed E-state index contributed by atoms with van der Waals surface area (Å²) in [5.41, 5.74) is 11.6. The molecule has 1 aromatic heterocycles. The first-order valence-electron chi connectivity index (χ1n) is 5.89. The molecule has 0 radical (unpaired) electrons. The van der Waals surface area contributed by atoms with Crippen molar-refractivity contribution >= 4 is 11.4 Å². The van der Waals surface area contributed by atoms with Crippen molar-refractivity contribution in [1.82, 2.24) is 4.98 Å². The minimum absolute atomic E-state index is 0.819. The Morgan fingerprint density at radius 1 is 1.24 bits per heavy atom. The Morgan fingerprint density at radius 2 is 2.00 bits per heavy atom. The Bertz CT molecular complexity index is 486. The molecule has 0 bridgehead atoms. The van der Waals surface area contributed by atoms with Crippen LogP contribution in [0, 0.1) is 13.8 Å². The van der Waals surface area contributed by atoms with E-state index in [1.807, 2.05) is 18.3 Å². The first kappa shape index (κ1) is 11.6. The molecule has 90 valence electrons. The van der Waals surface area contributed by atoms with Crippen molar-refractivity contribution in [3.05, 3.63) is 47.3 Å². The van der Waals surface area contributed by atoms with E-state index in [2.05, 4.69) is 36.3 Å². The number of nitrogen functional groups attached to an aromatic ring is 1. The number of aromatic amines is 1. The second-order valence-corrected chi connectivity index (χ2v) is 4.40. The molecule has 0 aliphatic heterocycles. The zero-order chi connectivity index (χ0) is 12.3. The van der Waals surface area contributed by atoms with E-state index in [1.165, 1.54) is 16.8 Å². The van der Waals surface area contributed by atoms with Gasteiger partial charge in [-0.3, -0.25) is 0 Å². The number of H-pyrrole nitrogens is 1. The maximum absolute atomic E-state index is 5.98. The summed E-state index contributed by atoms with van der Waals surface area (Å²) in [5.74, 6) is 0. The van der Waals surface area contributed by atoms with Crippen LogP contribution in [0.15, 0.2) is 30.5 Å². The van der Waals surface area contributed by atoms with E-state index in [1.54, 1.807) is 0 Å². The minimum Gasteiger partial charge on any atom is -0.397 e. The number of aromatic nitrogens is 1. The number of nitrogens with one attached hydrogen (secondary N) is 2. The number of hydrogen-bond donors (Lipinski definition) is 3. The van der Waals surface area contributed by atoms with E-state index in [0.717, 1.165) is 24.3 Å². The summed E-state index contributed by atoms with van der Waals surface area (Å²) < 4.78 is 0. The van der Waals surface area contributed by atoms with Gasteiger partial charge in [0.05, 0.1) is 11.4 Å². The normalized spacial score (nSPS) is 10.5. The number of nitrogens with two attached hydrogens (primary N) is 1. The predicted octanol–water partition coefficient (Wildman–Crippen LogP) is 2.87. The van der Waals surface area contributed by atoms with E-state index in [0.29, 0.717) is 0 Å². The van der Waals surface area contributed by atoms with Crippen LogP contribution in [0.4, 0.5) is 11.4 Å². The fraction of sp³-hybridized carbons (Fsp3) is 0.286. The van der Waals surface area contributed by atoms with Crippen LogP contribution in [0.2, 0.25) is 0 Å². The molecule has 0 unspecified atom stereocenters. The van der Waals surface area contributed by atoms with Gasteiger partial charge < -0.3 is 16.0 Å². The molecule has 0 amide bonds. The average Bonchev–Trinajstić information content (AvgIpc) is 2.78. The zero-order valence-corrected chi connectivity index (χ0v) is 10.4. The highest BCUT2D eigenvalue weighted by atomic mass is 14.9. The summed E-state index contributed by atoms with van der Waals surface area (Å²) in [6.45, 7) is 5.06. The molecule has 1 aromatic carbocycles. The number of hydrogen-bond acceptors (Lipinski definition) is 2. The van der Waals surface area contributed by atoms with Gasteiger partial charge in [-0.2, -0.15) is 0 Å². The molecule has 3 nitrogen and oxygen atoms in total. The topological polar surface area (TPSA) is 53.8 Å². The quantitative estimate of drug-likeness (QED) is 0.706. The fourth-order valence-electron chi connectivity index (χ4n) is 1.85. The second-order valence-electron chi connectivity index (χ2n) is 4.40. The summed E-state index contributed by atoms with van der Waals surface area (Å²) in [7, 11) is 0. The van der Waals surface area contributed by atoms with Gasteiger partial charge in [-0.15, -0.1) is 0 Å². The van der Waals surface area contributed by atoms with Crippen LogP contribution in [0.5, 0.6) is 0 Å². The van der Waals surface area contributed by atoms with Crippen LogP contribution in [0.3, 0.4) is 0 Å². The third-order valence-electron chi connectivity index (χ3n) is 3.04. The van der Waals surface area contributed by atoms with Gasteiger partial charge in [0, 0.05) is 24.9 Å². The van der Waals surface area contributed by atoms with Gasteiger partial charge >= 0.3 is 0 Å². The number of aryl methyl sites for hydroxylation is 2. The van der Waals surface area contributed by atoms with Crippen molar-refractivity contribution in [2.75, 3.05) is 17.6 Å². The number of anilines is 2. The van der Waals surface area contributed by atoms with Crippen molar-refractivity contribution in [2.45, 2.75) is 20.3 Å². The molecule has 1 heterocycles. The smallest absolute Gasteiger partial charge is 0.0576 e. The third-order valence-corrected chi connectivity index (χ3v) is 3.04. The SMILES string of the molecule is Cc1cc(N)c(NCCc2ccc[nH]2)cc1C. The van der Waals surface area contributed by atoms with Gasteiger partial charge in [0.25, 0.3) is 0 Å². The molecule has 3 heteroatoms. The van der Waals surface area contributed by atoms with Gasteiger partial charge in [-0.05, 0) is 49.2 Å². The lowest BCUT2D eigenvalue weighted by atomic mass is 10.1. The lowest BCUT2D eigenvalue weighted by Gasteiger charge is -2.11. The first-order chi connectivity index (χ1) is 8.16. The Morgan fingerprint density at radius 3 is 2.71 bits per heavy atom. The highest BCUT2D eigenvalue weighted by Crippen LogP contribution is 2.22. The van der Waals surface area contributed by atoms with Gasteiger partial charge in [-0.25, -0.2) is 0 Å². The molecule has 2 rings (SSSR count). The molecule has 0 saturated carbocycles. The Balaban J connectivity index is 1.97. The molecule has 0 atom stereocenters. The molecule has 4 N–H and O–H groups in total. The molecule has 0 spiro atoms. The Kier molecular flexibility index (Phi) is 3.38. The highest BCUT2D eigenvalue weighted by Gasteiger charge is 2.02. The molecule has 0 aliphatic carbocycles. The monoisotopic (exact) mass is 229 g/mol. The van der Waals surface area contributed by atoms with Gasteiger partial charge in [0.1, 0.15) is 0 Å². The van der Waals surface area contributed by atoms with Gasteiger partial charge in [-0.1, -0.05) is 0 Å². The predicted molar refractivity (Wildman–Crippen MR) is 73.3 cm³/mol. The molecule has 2 aromatic rings. The van der Waals surface area contributed by atoms with Crippen LogP contribution in [-0.2, 0) is 6.42 Å². The zero-order valence-electron chi connectivity index (χ0n) is 10.4. The van der Waals surface area contributed by atoms with Crippen LogP contribution in [-0.4, -0.2) is 11.5 Å². The standard InChI is InChI=1S/C14H19N3/c1-10-8-13(15)14(9-11(10)2)17-7-5-12-4-3-6-16-12/h3-4,6,8-9,16-17H,5,7,15H2,1-2H3. The van der Waals surface area contributed by atoms with E-state index in [-0.39, 0.29) is 0 Å². The lowest BCUT2D eigenvalue weighted by Crippen LogP contribution is -2.07. The van der Waals surface area contributed by atoms with Crippen LogP contribution in [0.1, 0.15) is 16.8 Å². The molecule has 0 saturated heterocycles.